The van der Waals surface area contributed by atoms with Crippen LogP contribution in [-0.4, -0.2) is 41.7 Å². The van der Waals surface area contributed by atoms with Crippen LogP contribution in [0.4, 0.5) is 5.88 Å². The molecule has 0 bridgehead atoms. The third kappa shape index (κ3) is 3.22. The van der Waals surface area contributed by atoms with Crippen LogP contribution in [0.5, 0.6) is 0 Å². The number of carbonyl (C=O) groups is 4. The van der Waals surface area contributed by atoms with Crippen LogP contribution in [0.15, 0.2) is 28.7 Å². The van der Waals surface area contributed by atoms with Crippen molar-refractivity contribution in [2.45, 2.75) is 26.8 Å². The van der Waals surface area contributed by atoms with Gasteiger partial charge in [0, 0.05) is 0 Å². The Morgan fingerprint density at radius 1 is 1.17 bits per heavy atom. The Labute approximate surface area is 172 Å². The number of rotatable bonds is 5. The lowest BCUT2D eigenvalue weighted by atomic mass is 10.0. The van der Waals surface area contributed by atoms with Crippen molar-refractivity contribution >= 4 is 29.6 Å². The van der Waals surface area contributed by atoms with Crippen LogP contribution in [0.3, 0.4) is 0 Å². The predicted molar refractivity (Wildman–Crippen MR) is 104 cm³/mol. The monoisotopic (exact) mass is 409 g/mol. The lowest BCUT2D eigenvalue weighted by Crippen LogP contribution is -2.50. The molecule has 3 rings (SSSR count). The third-order valence-corrected chi connectivity index (χ3v) is 4.83. The first-order valence-electron chi connectivity index (χ1n) is 9.12. The summed E-state index contributed by atoms with van der Waals surface area (Å²) in [5.41, 5.74) is 0.149. The van der Waals surface area contributed by atoms with Crippen LogP contribution >= 0.6 is 0 Å². The first-order chi connectivity index (χ1) is 14.2. The summed E-state index contributed by atoms with van der Waals surface area (Å²) >= 11 is 0. The normalized spacial score (nSPS) is 13.8. The summed E-state index contributed by atoms with van der Waals surface area (Å²) in [6.07, 6.45) is 0. The summed E-state index contributed by atoms with van der Waals surface area (Å²) in [5.74, 6) is -3.24. The maximum atomic E-state index is 13.1. The van der Waals surface area contributed by atoms with Gasteiger partial charge < -0.3 is 9.15 Å². The maximum Gasteiger partial charge on any atom is 0.342 e. The van der Waals surface area contributed by atoms with E-state index in [1.54, 1.807) is 26.0 Å². The number of fused-ring (bicyclic) bond motifs is 1. The molecule has 1 aliphatic rings. The van der Waals surface area contributed by atoms with Gasteiger partial charge in [-0.2, -0.15) is 5.26 Å². The minimum atomic E-state index is -1.16. The number of amides is 3. The zero-order valence-electron chi connectivity index (χ0n) is 16.8. The van der Waals surface area contributed by atoms with E-state index in [9.17, 15) is 24.4 Å². The molecule has 30 heavy (non-hydrogen) atoms. The fourth-order valence-corrected chi connectivity index (χ4v) is 3.45. The Morgan fingerprint density at radius 3 is 2.20 bits per heavy atom. The molecule has 1 aliphatic heterocycles. The van der Waals surface area contributed by atoms with Crippen molar-refractivity contribution in [2.24, 2.45) is 5.92 Å². The Balaban J connectivity index is 1.96. The first-order valence-corrected chi connectivity index (χ1v) is 9.12. The minimum absolute atomic E-state index is 0.0931. The number of imide groups is 1. The number of nitriles is 1. The van der Waals surface area contributed by atoms with Gasteiger partial charge >= 0.3 is 5.97 Å². The summed E-state index contributed by atoms with van der Waals surface area (Å²) in [6, 6.07) is 6.98. The molecule has 0 fully saturated rings. The van der Waals surface area contributed by atoms with Crippen molar-refractivity contribution in [3.05, 3.63) is 52.3 Å². The number of hydrogen-bond acceptors (Lipinski definition) is 7. The third-order valence-electron chi connectivity index (χ3n) is 4.83. The molecule has 154 valence electrons. The standard InChI is InChI=1S/C21H19N3O6/c1-10(2)16(24-19(26)12-7-5-6-8-13(12)20(24)27)17(25)23-18-14(9-22)15(11(3)30-18)21(28)29-4/h5-8,10,16H,1-4H3,(H,23,25). The van der Waals surface area contributed by atoms with Crippen molar-refractivity contribution in [1.29, 1.82) is 5.26 Å². The number of benzene rings is 1. The van der Waals surface area contributed by atoms with Crippen molar-refractivity contribution in [3.8, 4) is 6.07 Å². The number of ether oxygens (including phenoxy) is 1. The number of carbonyl (C=O) groups excluding carboxylic acids is 4. The minimum Gasteiger partial charge on any atom is -0.465 e. The number of methoxy groups -OCH3 is 1. The number of aryl methyl sites for hydroxylation is 1. The lowest BCUT2D eigenvalue weighted by Gasteiger charge is -2.28. The summed E-state index contributed by atoms with van der Waals surface area (Å²) in [6.45, 7) is 4.82. The van der Waals surface area contributed by atoms with Gasteiger partial charge in [0.15, 0.2) is 0 Å². The van der Waals surface area contributed by atoms with Gasteiger partial charge in [0.1, 0.15) is 29.0 Å². The number of esters is 1. The summed E-state index contributed by atoms with van der Waals surface area (Å²) in [4.78, 5) is 51.5. The smallest absolute Gasteiger partial charge is 0.342 e. The molecule has 1 N–H and O–H groups in total. The quantitative estimate of drug-likeness (QED) is 0.593. The van der Waals surface area contributed by atoms with Gasteiger partial charge in [-0.25, -0.2) is 4.79 Å². The molecule has 1 unspecified atom stereocenters. The average molecular weight is 409 g/mol. The van der Waals surface area contributed by atoms with E-state index < -0.39 is 35.7 Å². The van der Waals surface area contributed by atoms with E-state index in [0.717, 1.165) is 12.0 Å². The number of furan rings is 1. The zero-order valence-corrected chi connectivity index (χ0v) is 16.8. The SMILES string of the molecule is COC(=O)c1c(C)oc(NC(=O)C(C(C)C)N2C(=O)c3ccccc3C2=O)c1C#N. The zero-order chi connectivity index (χ0) is 22.2. The summed E-state index contributed by atoms with van der Waals surface area (Å²) < 4.78 is 10.0. The van der Waals surface area contributed by atoms with Gasteiger partial charge in [-0.3, -0.25) is 24.6 Å². The number of anilines is 1. The molecule has 1 aromatic carbocycles. The van der Waals surface area contributed by atoms with Crippen LogP contribution < -0.4 is 5.32 Å². The van der Waals surface area contributed by atoms with E-state index in [2.05, 4.69) is 10.1 Å². The Morgan fingerprint density at radius 2 is 1.73 bits per heavy atom. The van der Waals surface area contributed by atoms with Gasteiger partial charge in [0.25, 0.3) is 11.8 Å². The highest BCUT2D eigenvalue weighted by Crippen LogP contribution is 2.30. The molecule has 9 heteroatoms. The number of hydrogen-bond donors (Lipinski definition) is 1. The van der Waals surface area contributed by atoms with E-state index >= 15 is 0 Å². The largest absolute Gasteiger partial charge is 0.465 e. The van der Waals surface area contributed by atoms with Gasteiger partial charge in [-0.05, 0) is 25.0 Å². The van der Waals surface area contributed by atoms with Crippen LogP contribution in [0.1, 0.15) is 56.2 Å². The molecule has 0 aliphatic carbocycles. The molecule has 0 saturated carbocycles. The molecular weight excluding hydrogens is 390 g/mol. The van der Waals surface area contributed by atoms with Crippen LogP contribution in [0.2, 0.25) is 0 Å². The van der Waals surface area contributed by atoms with Crippen molar-refractivity contribution < 1.29 is 28.3 Å². The second-order valence-corrected chi connectivity index (χ2v) is 7.04. The molecular formula is C21H19N3O6. The molecule has 2 aromatic rings. The second-order valence-electron chi connectivity index (χ2n) is 7.04. The highest BCUT2D eigenvalue weighted by atomic mass is 16.5. The van der Waals surface area contributed by atoms with Crippen LogP contribution in [0.25, 0.3) is 0 Å². The maximum absolute atomic E-state index is 13.1. The van der Waals surface area contributed by atoms with Gasteiger partial charge in [-0.1, -0.05) is 26.0 Å². The molecule has 0 saturated heterocycles. The Hall–Kier alpha value is -3.93. The highest BCUT2D eigenvalue weighted by Gasteiger charge is 2.44. The first kappa shape index (κ1) is 20.8. The summed E-state index contributed by atoms with van der Waals surface area (Å²) in [5, 5.41) is 11.9. The molecule has 1 atom stereocenters. The second kappa shape index (κ2) is 7.83. The molecule has 9 nitrogen and oxygen atoms in total. The molecule has 0 spiro atoms. The molecule has 3 amide bonds. The topological polar surface area (TPSA) is 130 Å². The van der Waals surface area contributed by atoms with E-state index in [0.29, 0.717) is 0 Å². The predicted octanol–water partition coefficient (Wildman–Crippen LogP) is 2.51. The fourth-order valence-electron chi connectivity index (χ4n) is 3.45. The Bertz CT molecular complexity index is 1070. The Kier molecular flexibility index (Phi) is 5.43. The van der Waals surface area contributed by atoms with E-state index in [1.165, 1.54) is 19.1 Å². The summed E-state index contributed by atoms with van der Waals surface area (Å²) in [7, 11) is 1.16. The van der Waals surface area contributed by atoms with Crippen molar-refractivity contribution in [3.63, 3.8) is 0 Å². The van der Waals surface area contributed by atoms with Crippen molar-refractivity contribution in [2.75, 3.05) is 12.4 Å². The fraction of sp³-hybridized carbons (Fsp3) is 0.286. The van der Waals surface area contributed by atoms with Gasteiger partial charge in [-0.15, -0.1) is 0 Å². The molecule has 2 heterocycles. The van der Waals surface area contributed by atoms with Crippen LogP contribution in [-0.2, 0) is 9.53 Å². The number of nitrogens with one attached hydrogen (secondary N) is 1. The van der Waals surface area contributed by atoms with E-state index in [4.69, 9.17) is 4.42 Å². The van der Waals surface area contributed by atoms with Gasteiger partial charge in [0.2, 0.25) is 11.8 Å². The van der Waals surface area contributed by atoms with E-state index in [1.807, 2.05) is 6.07 Å². The number of nitrogens with zero attached hydrogens (tertiary/aromatic N) is 2. The molecule has 0 radical (unpaired) electrons. The lowest BCUT2D eigenvalue weighted by molar-refractivity contribution is -0.121. The van der Waals surface area contributed by atoms with Crippen molar-refractivity contribution in [1.82, 2.24) is 4.90 Å². The average Bonchev–Trinajstić information content (AvgIpc) is 3.16. The molecule has 1 aromatic heterocycles. The van der Waals surface area contributed by atoms with Gasteiger partial charge in [0.05, 0.1) is 18.2 Å². The van der Waals surface area contributed by atoms with Crippen LogP contribution in [0, 0.1) is 24.2 Å². The van der Waals surface area contributed by atoms with E-state index in [-0.39, 0.29) is 33.9 Å². The highest BCUT2D eigenvalue weighted by molar-refractivity contribution is 6.23.